The van der Waals surface area contributed by atoms with Crippen molar-refractivity contribution in [2.45, 2.75) is 33.1 Å². The molecule has 0 aromatic carbocycles. The van der Waals surface area contributed by atoms with Gasteiger partial charge in [0.25, 0.3) is 0 Å². The highest BCUT2D eigenvalue weighted by Crippen LogP contribution is 2.18. The monoisotopic (exact) mass is 188 g/mol. The summed E-state index contributed by atoms with van der Waals surface area (Å²) in [5.41, 5.74) is 0. The quantitative estimate of drug-likeness (QED) is 0.663. The standard InChI is InChI=1S/C9H16O4/c1-3-6(2)4-7(9(12)13)5-8(10)11/h6-7H,3-5H2,1-2H3,(H,10,11)(H,12,13)/t6-,7+/m1/s1. The van der Waals surface area contributed by atoms with Crippen LogP contribution in [0.25, 0.3) is 0 Å². The first kappa shape index (κ1) is 11.9. The molecule has 0 spiro atoms. The highest BCUT2D eigenvalue weighted by Gasteiger charge is 2.22. The molecule has 0 aliphatic rings. The van der Waals surface area contributed by atoms with Crippen molar-refractivity contribution in [1.29, 1.82) is 0 Å². The van der Waals surface area contributed by atoms with Crippen molar-refractivity contribution in [2.24, 2.45) is 11.8 Å². The molecule has 76 valence electrons. The van der Waals surface area contributed by atoms with Crippen molar-refractivity contribution in [3.05, 3.63) is 0 Å². The first-order valence-corrected chi connectivity index (χ1v) is 4.42. The van der Waals surface area contributed by atoms with Gasteiger partial charge in [-0.1, -0.05) is 20.3 Å². The van der Waals surface area contributed by atoms with Crippen molar-refractivity contribution < 1.29 is 19.8 Å². The van der Waals surface area contributed by atoms with Crippen LogP contribution in [-0.2, 0) is 9.59 Å². The Balaban J connectivity index is 4.10. The molecule has 0 fully saturated rings. The average molecular weight is 188 g/mol. The number of carboxylic acid groups (broad SMARTS) is 2. The van der Waals surface area contributed by atoms with Crippen molar-refractivity contribution in [2.75, 3.05) is 0 Å². The fourth-order valence-corrected chi connectivity index (χ4v) is 1.13. The molecule has 0 heterocycles. The largest absolute Gasteiger partial charge is 0.481 e. The van der Waals surface area contributed by atoms with Crippen molar-refractivity contribution in [1.82, 2.24) is 0 Å². The first-order chi connectivity index (χ1) is 5.97. The molecule has 0 aliphatic heterocycles. The number of carbonyl (C=O) groups is 2. The predicted molar refractivity (Wildman–Crippen MR) is 47.5 cm³/mol. The molecule has 0 aromatic heterocycles. The van der Waals surface area contributed by atoms with Crippen LogP contribution in [0.3, 0.4) is 0 Å². The molecular formula is C9H16O4. The lowest BCUT2D eigenvalue weighted by Gasteiger charge is -2.13. The molecule has 0 radical (unpaired) electrons. The van der Waals surface area contributed by atoms with E-state index >= 15 is 0 Å². The summed E-state index contributed by atoms with van der Waals surface area (Å²) in [4.78, 5) is 20.9. The van der Waals surface area contributed by atoms with E-state index in [4.69, 9.17) is 10.2 Å². The van der Waals surface area contributed by atoms with Crippen molar-refractivity contribution in [3.63, 3.8) is 0 Å². The van der Waals surface area contributed by atoms with Gasteiger partial charge in [-0.25, -0.2) is 0 Å². The third kappa shape index (κ3) is 5.22. The number of hydrogen-bond donors (Lipinski definition) is 2. The lowest BCUT2D eigenvalue weighted by Crippen LogP contribution is -2.20. The molecule has 13 heavy (non-hydrogen) atoms. The summed E-state index contributed by atoms with van der Waals surface area (Å²) in [5, 5.41) is 17.2. The van der Waals surface area contributed by atoms with Crippen LogP contribution < -0.4 is 0 Å². The minimum Gasteiger partial charge on any atom is -0.481 e. The van der Waals surface area contributed by atoms with Gasteiger partial charge in [-0.15, -0.1) is 0 Å². The van der Waals surface area contributed by atoms with Crippen LogP contribution in [0.4, 0.5) is 0 Å². The lowest BCUT2D eigenvalue weighted by molar-refractivity contribution is -0.148. The summed E-state index contributed by atoms with van der Waals surface area (Å²) >= 11 is 0. The maximum atomic E-state index is 10.6. The Morgan fingerprint density at radius 2 is 1.85 bits per heavy atom. The summed E-state index contributed by atoms with van der Waals surface area (Å²) in [6.45, 7) is 3.89. The minimum absolute atomic E-state index is 0.264. The van der Waals surface area contributed by atoms with E-state index in [0.29, 0.717) is 6.42 Å². The van der Waals surface area contributed by atoms with Crippen LogP contribution in [0, 0.1) is 11.8 Å². The minimum atomic E-state index is -1.05. The van der Waals surface area contributed by atoms with Gasteiger partial charge in [0, 0.05) is 0 Å². The van der Waals surface area contributed by atoms with E-state index in [9.17, 15) is 9.59 Å². The summed E-state index contributed by atoms with van der Waals surface area (Å²) < 4.78 is 0. The number of hydrogen-bond acceptors (Lipinski definition) is 2. The Hall–Kier alpha value is -1.06. The summed E-state index contributed by atoms with van der Waals surface area (Å²) in [7, 11) is 0. The number of rotatable bonds is 6. The lowest BCUT2D eigenvalue weighted by atomic mass is 9.92. The van der Waals surface area contributed by atoms with Crippen LogP contribution in [0.1, 0.15) is 33.1 Å². The normalized spacial score (nSPS) is 14.9. The summed E-state index contributed by atoms with van der Waals surface area (Å²) in [6, 6.07) is 0. The molecule has 0 bridgehead atoms. The average Bonchev–Trinajstić information content (AvgIpc) is 2.02. The topological polar surface area (TPSA) is 74.6 Å². The zero-order valence-electron chi connectivity index (χ0n) is 7.99. The van der Waals surface area contributed by atoms with Gasteiger partial charge in [0.1, 0.15) is 0 Å². The van der Waals surface area contributed by atoms with Crippen molar-refractivity contribution in [3.8, 4) is 0 Å². The zero-order chi connectivity index (χ0) is 10.4. The molecule has 4 heteroatoms. The molecule has 0 saturated heterocycles. The summed E-state index contributed by atoms with van der Waals surface area (Å²) in [6.07, 6.45) is 1.04. The van der Waals surface area contributed by atoms with E-state index in [1.165, 1.54) is 0 Å². The zero-order valence-corrected chi connectivity index (χ0v) is 7.99. The van der Waals surface area contributed by atoms with Gasteiger partial charge in [0.2, 0.25) is 0 Å². The van der Waals surface area contributed by atoms with E-state index < -0.39 is 17.9 Å². The second kappa shape index (κ2) is 5.56. The second-order valence-corrected chi connectivity index (χ2v) is 3.38. The third-order valence-corrected chi connectivity index (χ3v) is 2.15. The molecular weight excluding hydrogens is 172 g/mol. The van der Waals surface area contributed by atoms with Gasteiger partial charge in [-0.2, -0.15) is 0 Å². The smallest absolute Gasteiger partial charge is 0.307 e. The van der Waals surface area contributed by atoms with E-state index in [-0.39, 0.29) is 12.3 Å². The van der Waals surface area contributed by atoms with Crippen LogP contribution in [0.15, 0.2) is 0 Å². The molecule has 0 amide bonds. The number of aliphatic carboxylic acids is 2. The van der Waals surface area contributed by atoms with Crippen LogP contribution in [-0.4, -0.2) is 22.2 Å². The molecule has 0 aliphatic carbocycles. The second-order valence-electron chi connectivity index (χ2n) is 3.38. The Labute approximate surface area is 77.6 Å². The van der Waals surface area contributed by atoms with Crippen LogP contribution >= 0.6 is 0 Å². The highest BCUT2D eigenvalue weighted by atomic mass is 16.4. The van der Waals surface area contributed by atoms with E-state index in [0.717, 1.165) is 6.42 Å². The fourth-order valence-electron chi connectivity index (χ4n) is 1.13. The van der Waals surface area contributed by atoms with Gasteiger partial charge in [-0.05, 0) is 12.3 Å². The SMILES string of the molecule is CC[C@@H](C)C[C@@H](CC(=O)O)C(=O)O. The van der Waals surface area contributed by atoms with Gasteiger partial charge < -0.3 is 10.2 Å². The van der Waals surface area contributed by atoms with E-state index in [2.05, 4.69) is 0 Å². The van der Waals surface area contributed by atoms with Gasteiger partial charge in [0.15, 0.2) is 0 Å². The molecule has 2 N–H and O–H groups in total. The van der Waals surface area contributed by atoms with E-state index in [1.54, 1.807) is 0 Å². The van der Waals surface area contributed by atoms with E-state index in [1.807, 2.05) is 13.8 Å². The predicted octanol–water partition coefficient (Wildman–Crippen LogP) is 1.60. The Bertz CT molecular complexity index is 188. The molecule has 0 unspecified atom stereocenters. The first-order valence-electron chi connectivity index (χ1n) is 4.42. The van der Waals surface area contributed by atoms with Crippen molar-refractivity contribution >= 4 is 11.9 Å². The Kier molecular flexibility index (Phi) is 5.11. The third-order valence-electron chi connectivity index (χ3n) is 2.15. The van der Waals surface area contributed by atoms with Crippen LogP contribution in [0.5, 0.6) is 0 Å². The summed E-state index contributed by atoms with van der Waals surface area (Å²) in [5.74, 6) is -2.54. The van der Waals surface area contributed by atoms with Gasteiger partial charge in [0.05, 0.1) is 12.3 Å². The van der Waals surface area contributed by atoms with Gasteiger partial charge in [-0.3, -0.25) is 9.59 Å². The number of carboxylic acids is 2. The van der Waals surface area contributed by atoms with Gasteiger partial charge >= 0.3 is 11.9 Å². The maximum absolute atomic E-state index is 10.6. The molecule has 0 aromatic rings. The van der Waals surface area contributed by atoms with Crippen LogP contribution in [0.2, 0.25) is 0 Å². The molecule has 0 saturated carbocycles. The highest BCUT2D eigenvalue weighted by molar-refractivity contribution is 5.77. The molecule has 4 nitrogen and oxygen atoms in total. The molecule has 2 atom stereocenters. The Morgan fingerprint density at radius 3 is 2.15 bits per heavy atom. The maximum Gasteiger partial charge on any atom is 0.307 e. The molecule has 0 rings (SSSR count). The Morgan fingerprint density at radius 1 is 1.31 bits per heavy atom. The fraction of sp³-hybridized carbons (Fsp3) is 0.778.